The lowest BCUT2D eigenvalue weighted by atomic mass is 10.0. The van der Waals surface area contributed by atoms with Crippen LogP contribution in [0.15, 0.2) is 54.6 Å². The first-order valence-electron chi connectivity index (χ1n) is 10.0. The molecule has 0 radical (unpaired) electrons. The maximum Gasteiger partial charge on any atom is 0.173 e. The van der Waals surface area contributed by atoms with E-state index in [1.807, 2.05) is 16.8 Å². The van der Waals surface area contributed by atoms with Crippen molar-refractivity contribution in [2.24, 2.45) is 0 Å². The van der Waals surface area contributed by atoms with Crippen LogP contribution in [0.5, 0.6) is 0 Å². The zero-order chi connectivity index (χ0) is 20.4. The third-order valence-corrected chi connectivity index (χ3v) is 5.61. The minimum atomic E-state index is -0.199. The van der Waals surface area contributed by atoms with Gasteiger partial charge in [0.15, 0.2) is 5.82 Å². The second kappa shape index (κ2) is 8.13. The topological polar surface area (TPSA) is 50.1 Å². The van der Waals surface area contributed by atoms with Crippen molar-refractivity contribution in [2.45, 2.75) is 32.4 Å². The van der Waals surface area contributed by atoms with Gasteiger partial charge in [-0.2, -0.15) is 0 Å². The first-order chi connectivity index (χ1) is 13.9. The summed E-state index contributed by atoms with van der Waals surface area (Å²) in [5.74, 6) is 0.869. The number of hydrogen-bond acceptors (Lipinski definition) is 5. The van der Waals surface area contributed by atoms with Gasteiger partial charge in [-0.25, -0.2) is 4.68 Å². The molecular formula is C22H27ClN6. The number of nitrogens with zero attached hydrogens (tertiary/aromatic N) is 6. The number of rotatable bonds is 4. The van der Waals surface area contributed by atoms with Crippen LogP contribution in [-0.2, 0) is 5.54 Å². The lowest BCUT2D eigenvalue weighted by Crippen LogP contribution is -2.48. The van der Waals surface area contributed by atoms with E-state index >= 15 is 0 Å². The van der Waals surface area contributed by atoms with Crippen LogP contribution in [-0.4, -0.2) is 51.3 Å². The third-order valence-electron chi connectivity index (χ3n) is 5.36. The van der Waals surface area contributed by atoms with E-state index in [1.165, 1.54) is 5.69 Å². The minimum Gasteiger partial charge on any atom is -0.369 e. The van der Waals surface area contributed by atoms with E-state index in [1.54, 1.807) is 0 Å². The SMILES string of the molecule is CC(C)(C)n1nnnc1[C@H](c1ccc(Cl)cc1)N1CCN(c2ccccc2)CC1. The van der Waals surface area contributed by atoms with Crippen molar-refractivity contribution >= 4 is 17.3 Å². The van der Waals surface area contributed by atoms with Crippen molar-refractivity contribution in [3.63, 3.8) is 0 Å². The molecule has 0 amide bonds. The second-order valence-corrected chi connectivity index (χ2v) is 8.87. The molecule has 0 bridgehead atoms. The summed E-state index contributed by atoms with van der Waals surface area (Å²) in [6, 6.07) is 18.6. The Kier molecular flexibility index (Phi) is 5.56. The molecule has 6 nitrogen and oxygen atoms in total. The van der Waals surface area contributed by atoms with E-state index in [0.29, 0.717) is 0 Å². The smallest absolute Gasteiger partial charge is 0.173 e. The quantitative estimate of drug-likeness (QED) is 0.650. The highest BCUT2D eigenvalue weighted by Crippen LogP contribution is 2.31. The van der Waals surface area contributed by atoms with Crippen LogP contribution in [0.2, 0.25) is 5.02 Å². The van der Waals surface area contributed by atoms with Gasteiger partial charge in [0.05, 0.1) is 11.6 Å². The molecule has 29 heavy (non-hydrogen) atoms. The Bertz CT molecular complexity index is 924. The van der Waals surface area contributed by atoms with Crippen molar-refractivity contribution in [3.8, 4) is 0 Å². The molecular weight excluding hydrogens is 384 g/mol. The van der Waals surface area contributed by atoms with Crippen LogP contribution in [0, 0.1) is 0 Å². The minimum absolute atomic E-state index is 0.0144. The van der Waals surface area contributed by atoms with Crippen LogP contribution >= 0.6 is 11.6 Å². The Morgan fingerprint density at radius 1 is 0.897 bits per heavy atom. The standard InChI is InChI=1S/C22H27ClN6/c1-22(2,3)29-21(24-25-26-29)20(17-9-11-18(23)12-10-17)28-15-13-27(14-16-28)19-7-5-4-6-8-19/h4-12,20H,13-16H2,1-3H3/t20-/m0/s1. The molecule has 0 N–H and O–H groups in total. The van der Waals surface area contributed by atoms with Crippen molar-refractivity contribution in [1.29, 1.82) is 0 Å². The molecule has 1 fully saturated rings. The van der Waals surface area contributed by atoms with Crippen LogP contribution in [0.3, 0.4) is 0 Å². The fourth-order valence-corrected chi connectivity index (χ4v) is 4.01. The van der Waals surface area contributed by atoms with Gasteiger partial charge in [0.2, 0.25) is 0 Å². The normalized spacial score (nSPS) is 16.8. The van der Waals surface area contributed by atoms with Gasteiger partial charge < -0.3 is 4.90 Å². The number of halogens is 1. The molecule has 0 unspecified atom stereocenters. The molecule has 1 atom stereocenters. The molecule has 4 rings (SSSR count). The van der Waals surface area contributed by atoms with Gasteiger partial charge in [0.25, 0.3) is 0 Å². The second-order valence-electron chi connectivity index (χ2n) is 8.43. The molecule has 1 aromatic heterocycles. The fourth-order valence-electron chi connectivity index (χ4n) is 3.89. The summed E-state index contributed by atoms with van der Waals surface area (Å²) < 4.78 is 1.94. The molecule has 1 aliphatic heterocycles. The van der Waals surface area contributed by atoms with Gasteiger partial charge in [-0.1, -0.05) is 41.9 Å². The molecule has 0 aliphatic carbocycles. The van der Waals surface area contributed by atoms with Gasteiger partial charge in [0.1, 0.15) is 0 Å². The maximum atomic E-state index is 6.15. The first kappa shape index (κ1) is 19.9. The Balaban J connectivity index is 1.64. The lowest BCUT2D eigenvalue weighted by molar-refractivity contribution is 0.191. The predicted octanol–water partition coefficient (Wildman–Crippen LogP) is 3.99. The van der Waals surface area contributed by atoms with E-state index in [2.05, 4.69) is 88.6 Å². The number of anilines is 1. The fraction of sp³-hybridized carbons (Fsp3) is 0.409. The molecule has 152 valence electrons. The predicted molar refractivity (Wildman–Crippen MR) is 116 cm³/mol. The average Bonchev–Trinajstić information content (AvgIpc) is 3.21. The highest BCUT2D eigenvalue weighted by molar-refractivity contribution is 6.30. The zero-order valence-electron chi connectivity index (χ0n) is 17.2. The lowest BCUT2D eigenvalue weighted by Gasteiger charge is -2.40. The average molecular weight is 411 g/mol. The number of para-hydroxylation sites is 1. The molecule has 2 aromatic carbocycles. The van der Waals surface area contributed by atoms with Crippen LogP contribution in [0.25, 0.3) is 0 Å². The summed E-state index contributed by atoms with van der Waals surface area (Å²) in [4.78, 5) is 4.90. The van der Waals surface area contributed by atoms with Crippen molar-refractivity contribution in [1.82, 2.24) is 25.1 Å². The molecule has 7 heteroatoms. The molecule has 1 saturated heterocycles. The van der Waals surface area contributed by atoms with E-state index in [9.17, 15) is 0 Å². The van der Waals surface area contributed by atoms with Gasteiger partial charge in [-0.05, 0) is 61.0 Å². The largest absolute Gasteiger partial charge is 0.369 e. The Hall–Kier alpha value is -2.44. The number of piperazine rings is 1. The monoisotopic (exact) mass is 410 g/mol. The van der Waals surface area contributed by atoms with Gasteiger partial charge in [-0.15, -0.1) is 5.10 Å². The van der Waals surface area contributed by atoms with Crippen molar-refractivity contribution in [3.05, 3.63) is 71.0 Å². The summed E-state index contributed by atoms with van der Waals surface area (Å²) in [7, 11) is 0. The van der Waals surface area contributed by atoms with Gasteiger partial charge in [0, 0.05) is 36.9 Å². The van der Waals surface area contributed by atoms with Crippen molar-refractivity contribution < 1.29 is 0 Å². The number of hydrogen-bond donors (Lipinski definition) is 0. The first-order valence-corrected chi connectivity index (χ1v) is 10.4. The molecule has 2 heterocycles. The van der Waals surface area contributed by atoms with E-state index in [0.717, 1.165) is 42.6 Å². The highest BCUT2D eigenvalue weighted by Gasteiger charge is 2.33. The highest BCUT2D eigenvalue weighted by atomic mass is 35.5. The molecule has 0 saturated carbocycles. The van der Waals surface area contributed by atoms with E-state index < -0.39 is 0 Å². The van der Waals surface area contributed by atoms with Crippen molar-refractivity contribution in [2.75, 3.05) is 31.1 Å². The number of benzene rings is 2. The van der Waals surface area contributed by atoms with E-state index in [4.69, 9.17) is 11.6 Å². The number of aromatic nitrogens is 4. The summed E-state index contributed by atoms with van der Waals surface area (Å²) in [6.07, 6.45) is 0. The molecule has 3 aromatic rings. The Morgan fingerprint density at radius 3 is 2.17 bits per heavy atom. The Morgan fingerprint density at radius 2 is 1.55 bits per heavy atom. The summed E-state index contributed by atoms with van der Waals surface area (Å²) >= 11 is 6.15. The molecule has 1 aliphatic rings. The van der Waals surface area contributed by atoms with Crippen LogP contribution in [0.1, 0.15) is 38.2 Å². The number of tetrazole rings is 1. The van der Waals surface area contributed by atoms with Crippen LogP contribution in [0.4, 0.5) is 5.69 Å². The van der Waals surface area contributed by atoms with Gasteiger partial charge >= 0.3 is 0 Å². The maximum absolute atomic E-state index is 6.15. The summed E-state index contributed by atoms with van der Waals surface area (Å²) in [5, 5.41) is 13.5. The Labute approximate surface area is 177 Å². The zero-order valence-corrected chi connectivity index (χ0v) is 17.9. The molecule has 0 spiro atoms. The van der Waals surface area contributed by atoms with E-state index in [-0.39, 0.29) is 11.6 Å². The van der Waals surface area contributed by atoms with Gasteiger partial charge in [-0.3, -0.25) is 4.90 Å². The van der Waals surface area contributed by atoms with Crippen LogP contribution < -0.4 is 4.90 Å². The summed E-state index contributed by atoms with van der Waals surface area (Å²) in [5.41, 5.74) is 2.23. The summed E-state index contributed by atoms with van der Waals surface area (Å²) in [6.45, 7) is 10.2. The third kappa shape index (κ3) is 4.28.